The number of rotatable bonds is 9. The van der Waals surface area contributed by atoms with E-state index in [0.29, 0.717) is 37.2 Å². The third kappa shape index (κ3) is 9.03. The van der Waals surface area contributed by atoms with Gasteiger partial charge in [0.2, 0.25) is 11.8 Å². The molecule has 1 atom stereocenters. The quantitative estimate of drug-likeness (QED) is 0.287. The Balaban J connectivity index is 1.49. The first-order valence-electron chi connectivity index (χ1n) is 16.1. The molecular weight excluding hydrogens is 579 g/mol. The topological polar surface area (TPSA) is 132 Å². The number of piperazine rings is 1. The number of hydrogen-bond acceptors (Lipinski definition) is 6. The van der Waals surface area contributed by atoms with E-state index in [4.69, 9.17) is 0 Å². The third-order valence-electron chi connectivity index (χ3n) is 8.51. The van der Waals surface area contributed by atoms with Crippen molar-refractivity contribution in [2.24, 2.45) is 0 Å². The van der Waals surface area contributed by atoms with E-state index >= 15 is 4.39 Å². The first-order chi connectivity index (χ1) is 21.6. The van der Waals surface area contributed by atoms with Crippen LogP contribution < -0.4 is 16.1 Å². The fourth-order valence-corrected chi connectivity index (χ4v) is 5.84. The second kappa shape index (κ2) is 15.8. The standard InChI is InChI=1S/C32H47FN8O4/c1-5-29(42)35-27(31(44)39-18-16-38(4)17-19-39)21-23-12-13-26(25(33)20-23)36-32(45)41(24-10-8-6-7-9-11-24)37-30(43)28-14-15-34-40(28)22(2)3/h12-15,20,22,24,27H,5-11,16-19,21H2,1-4H3,(H,35,42)(H,36,45)(H,37,43)/t27-/m1/s1. The molecule has 1 aromatic heterocycles. The summed E-state index contributed by atoms with van der Waals surface area (Å²) in [4.78, 5) is 56.4. The highest BCUT2D eigenvalue weighted by Crippen LogP contribution is 2.24. The van der Waals surface area contributed by atoms with E-state index in [0.717, 1.165) is 38.8 Å². The Labute approximate surface area is 264 Å². The Kier molecular flexibility index (Phi) is 11.9. The van der Waals surface area contributed by atoms with Gasteiger partial charge in [-0.05, 0) is 57.5 Å². The summed E-state index contributed by atoms with van der Waals surface area (Å²) >= 11 is 0. The molecule has 0 spiro atoms. The molecule has 1 saturated heterocycles. The molecular formula is C32H47FN8O4. The summed E-state index contributed by atoms with van der Waals surface area (Å²) in [5.74, 6) is -1.61. The van der Waals surface area contributed by atoms with Crippen LogP contribution in [-0.2, 0) is 16.0 Å². The molecule has 5 amide bonds. The maximum Gasteiger partial charge on any atom is 0.340 e. The lowest BCUT2D eigenvalue weighted by Gasteiger charge is -2.34. The number of amides is 5. The van der Waals surface area contributed by atoms with E-state index in [-0.39, 0.29) is 42.4 Å². The fourth-order valence-electron chi connectivity index (χ4n) is 5.84. The number of benzene rings is 1. The first kappa shape index (κ1) is 33.9. The van der Waals surface area contributed by atoms with Crippen LogP contribution in [0.1, 0.15) is 87.8 Å². The first-order valence-corrected chi connectivity index (χ1v) is 16.1. The molecule has 2 fully saturated rings. The van der Waals surface area contributed by atoms with Crippen molar-refractivity contribution in [3.8, 4) is 0 Å². The lowest BCUT2D eigenvalue weighted by Crippen LogP contribution is -2.54. The van der Waals surface area contributed by atoms with Gasteiger partial charge in [-0.15, -0.1) is 0 Å². The van der Waals surface area contributed by atoms with Gasteiger partial charge in [-0.25, -0.2) is 14.2 Å². The van der Waals surface area contributed by atoms with Crippen LogP contribution in [0.4, 0.5) is 14.9 Å². The molecule has 3 N–H and O–H groups in total. The number of halogens is 1. The Morgan fingerprint density at radius 3 is 2.33 bits per heavy atom. The number of nitrogens with one attached hydrogen (secondary N) is 3. The Hall–Kier alpha value is -4.00. The molecule has 4 rings (SSSR count). The van der Waals surface area contributed by atoms with Gasteiger partial charge in [0, 0.05) is 51.3 Å². The average Bonchev–Trinajstić information content (AvgIpc) is 3.37. The van der Waals surface area contributed by atoms with Crippen molar-refractivity contribution in [2.45, 2.75) is 90.3 Å². The van der Waals surface area contributed by atoms with Crippen LogP contribution in [0.15, 0.2) is 30.5 Å². The van der Waals surface area contributed by atoms with Crippen molar-refractivity contribution < 1.29 is 23.6 Å². The molecule has 2 heterocycles. The predicted octanol–water partition coefficient (Wildman–Crippen LogP) is 3.72. The van der Waals surface area contributed by atoms with Crippen LogP contribution in [0.2, 0.25) is 0 Å². The summed E-state index contributed by atoms with van der Waals surface area (Å²) in [7, 11) is 1.99. The van der Waals surface area contributed by atoms with Crippen molar-refractivity contribution in [1.29, 1.82) is 0 Å². The number of aromatic nitrogens is 2. The summed E-state index contributed by atoms with van der Waals surface area (Å²) in [6.45, 7) is 8.12. The molecule has 0 unspecified atom stereocenters. The largest absolute Gasteiger partial charge is 0.344 e. The molecule has 12 nitrogen and oxygen atoms in total. The van der Waals surface area contributed by atoms with Crippen LogP contribution in [0.3, 0.4) is 0 Å². The number of hydrazine groups is 1. The maximum atomic E-state index is 15.5. The van der Waals surface area contributed by atoms with Crippen LogP contribution >= 0.6 is 0 Å². The van der Waals surface area contributed by atoms with E-state index in [1.54, 1.807) is 34.8 Å². The van der Waals surface area contributed by atoms with Crippen molar-refractivity contribution in [2.75, 3.05) is 38.5 Å². The third-order valence-corrected chi connectivity index (χ3v) is 8.51. The van der Waals surface area contributed by atoms with E-state index in [9.17, 15) is 19.2 Å². The number of likely N-dealkylation sites (N-methyl/N-ethyl adjacent to an activating group) is 1. The molecule has 246 valence electrons. The minimum absolute atomic E-state index is 0.0524. The summed E-state index contributed by atoms with van der Waals surface area (Å²) < 4.78 is 17.1. The Morgan fingerprint density at radius 2 is 1.71 bits per heavy atom. The maximum absolute atomic E-state index is 15.5. The number of anilines is 1. The summed E-state index contributed by atoms with van der Waals surface area (Å²) in [6.07, 6.45) is 7.23. The number of urea groups is 1. The van der Waals surface area contributed by atoms with E-state index in [1.165, 1.54) is 17.1 Å². The Bertz CT molecular complexity index is 1330. The average molecular weight is 627 g/mol. The minimum Gasteiger partial charge on any atom is -0.344 e. The van der Waals surface area contributed by atoms with Gasteiger partial charge in [0.25, 0.3) is 5.91 Å². The highest BCUT2D eigenvalue weighted by atomic mass is 19.1. The monoisotopic (exact) mass is 626 g/mol. The van der Waals surface area contributed by atoms with Crippen molar-refractivity contribution >= 4 is 29.4 Å². The summed E-state index contributed by atoms with van der Waals surface area (Å²) in [5, 5.41) is 11.0. The van der Waals surface area contributed by atoms with Crippen LogP contribution in [-0.4, -0.2) is 93.7 Å². The van der Waals surface area contributed by atoms with Crippen molar-refractivity contribution in [1.82, 2.24) is 35.3 Å². The molecule has 1 aliphatic carbocycles. The van der Waals surface area contributed by atoms with Gasteiger partial charge in [-0.1, -0.05) is 38.7 Å². The van der Waals surface area contributed by atoms with Crippen molar-refractivity contribution in [3.63, 3.8) is 0 Å². The lowest BCUT2D eigenvalue weighted by molar-refractivity contribution is -0.137. The van der Waals surface area contributed by atoms with Gasteiger partial charge in [0.05, 0.1) is 11.7 Å². The van der Waals surface area contributed by atoms with Crippen LogP contribution in [0.25, 0.3) is 0 Å². The van der Waals surface area contributed by atoms with Gasteiger partial charge in [-0.3, -0.25) is 24.5 Å². The molecule has 0 radical (unpaired) electrons. The summed E-state index contributed by atoms with van der Waals surface area (Å²) in [6, 6.07) is 4.17. The second-order valence-electron chi connectivity index (χ2n) is 12.3. The second-order valence-corrected chi connectivity index (χ2v) is 12.3. The fraction of sp³-hybridized carbons (Fsp3) is 0.594. The molecule has 1 aliphatic heterocycles. The van der Waals surface area contributed by atoms with E-state index in [1.807, 2.05) is 20.9 Å². The zero-order chi connectivity index (χ0) is 32.5. The number of hydrogen-bond donors (Lipinski definition) is 3. The zero-order valence-electron chi connectivity index (χ0n) is 26.9. The molecule has 0 bridgehead atoms. The minimum atomic E-state index is -0.832. The molecule has 1 aromatic carbocycles. The van der Waals surface area contributed by atoms with E-state index < -0.39 is 23.8 Å². The highest BCUT2D eigenvalue weighted by Gasteiger charge is 2.30. The predicted molar refractivity (Wildman–Crippen MR) is 169 cm³/mol. The zero-order valence-corrected chi connectivity index (χ0v) is 26.9. The van der Waals surface area contributed by atoms with Crippen molar-refractivity contribution in [3.05, 3.63) is 47.5 Å². The van der Waals surface area contributed by atoms with E-state index in [2.05, 4.69) is 26.1 Å². The normalized spacial score (nSPS) is 17.0. The lowest BCUT2D eigenvalue weighted by atomic mass is 10.0. The van der Waals surface area contributed by atoms with Gasteiger partial charge < -0.3 is 20.4 Å². The van der Waals surface area contributed by atoms with Crippen LogP contribution in [0, 0.1) is 5.82 Å². The van der Waals surface area contributed by atoms with Gasteiger partial charge in [-0.2, -0.15) is 5.10 Å². The Morgan fingerprint density at radius 1 is 1.02 bits per heavy atom. The molecule has 1 saturated carbocycles. The number of nitrogens with zero attached hydrogens (tertiary/aromatic N) is 5. The molecule has 13 heteroatoms. The molecule has 45 heavy (non-hydrogen) atoms. The summed E-state index contributed by atoms with van der Waals surface area (Å²) in [5.41, 5.74) is 3.55. The van der Waals surface area contributed by atoms with Gasteiger partial charge in [0.15, 0.2) is 0 Å². The molecule has 2 aromatic rings. The highest BCUT2D eigenvalue weighted by molar-refractivity contribution is 5.96. The van der Waals surface area contributed by atoms with Crippen LogP contribution in [0.5, 0.6) is 0 Å². The SMILES string of the molecule is CCC(=O)N[C@H](Cc1ccc(NC(=O)N(NC(=O)c2ccnn2C(C)C)C2CCCCCC2)c(F)c1)C(=O)N1CCN(C)CC1. The molecule has 2 aliphatic rings. The number of carbonyl (C=O) groups is 4. The van der Waals surface area contributed by atoms with Gasteiger partial charge >= 0.3 is 6.03 Å². The van der Waals surface area contributed by atoms with Gasteiger partial charge in [0.1, 0.15) is 17.6 Å². The number of carbonyl (C=O) groups excluding carboxylic acids is 4. The smallest absolute Gasteiger partial charge is 0.340 e.